The number of hydrogen-bond acceptors (Lipinski definition) is 3. The molecule has 0 heterocycles. The predicted molar refractivity (Wildman–Crippen MR) is 98.6 cm³/mol. The zero-order valence-electron chi connectivity index (χ0n) is 13.5. The molecular formula is C21H17FO2S. The molecule has 0 aliphatic carbocycles. The first kappa shape index (κ1) is 17.2. The molecule has 2 nitrogen and oxygen atoms in total. The Bertz CT molecular complexity index is 835. The topological polar surface area (TPSA) is 26.3 Å². The van der Waals surface area contributed by atoms with Gasteiger partial charge in [-0.3, -0.25) is 4.79 Å². The summed E-state index contributed by atoms with van der Waals surface area (Å²) in [7, 11) is 0. The van der Waals surface area contributed by atoms with Crippen molar-refractivity contribution in [2.24, 2.45) is 0 Å². The van der Waals surface area contributed by atoms with E-state index in [4.69, 9.17) is 4.74 Å². The molecule has 0 saturated heterocycles. The van der Waals surface area contributed by atoms with Crippen molar-refractivity contribution in [3.05, 3.63) is 95.3 Å². The average Bonchev–Trinajstić information content (AvgIpc) is 2.67. The standard InChI is InChI=1S/C21H17FO2S/c22-19-12-20(24-14-16-7-3-1-4-8-16)18(13-23)11-21(19)25-15-17-9-5-2-6-10-17/h1-13H,14-15H2. The van der Waals surface area contributed by atoms with E-state index in [1.807, 2.05) is 60.7 Å². The van der Waals surface area contributed by atoms with E-state index in [1.54, 1.807) is 6.07 Å². The van der Waals surface area contributed by atoms with E-state index in [2.05, 4.69) is 0 Å². The number of carbonyl (C=O) groups excluding carboxylic acids is 1. The summed E-state index contributed by atoms with van der Waals surface area (Å²) in [6.45, 7) is 0.289. The Morgan fingerprint density at radius 3 is 2.20 bits per heavy atom. The fourth-order valence-corrected chi connectivity index (χ4v) is 3.27. The maximum Gasteiger partial charge on any atom is 0.153 e. The highest BCUT2D eigenvalue weighted by Gasteiger charge is 2.12. The highest BCUT2D eigenvalue weighted by molar-refractivity contribution is 7.98. The molecule has 0 aliphatic heterocycles. The number of benzene rings is 3. The summed E-state index contributed by atoms with van der Waals surface area (Å²) in [6, 6.07) is 22.2. The first-order valence-electron chi connectivity index (χ1n) is 7.88. The Hall–Kier alpha value is -2.59. The van der Waals surface area contributed by atoms with E-state index in [0.29, 0.717) is 22.5 Å². The molecule has 0 spiro atoms. The maximum atomic E-state index is 14.4. The van der Waals surface area contributed by atoms with E-state index in [9.17, 15) is 9.18 Å². The molecule has 0 amide bonds. The van der Waals surface area contributed by atoms with Crippen LogP contribution in [0.3, 0.4) is 0 Å². The predicted octanol–water partition coefficient (Wildman–Crippen LogP) is 5.51. The Labute approximate surface area is 150 Å². The molecule has 0 radical (unpaired) electrons. The smallest absolute Gasteiger partial charge is 0.153 e. The zero-order chi connectivity index (χ0) is 17.5. The van der Waals surface area contributed by atoms with Gasteiger partial charge in [0.2, 0.25) is 0 Å². The van der Waals surface area contributed by atoms with Crippen LogP contribution in [0, 0.1) is 5.82 Å². The van der Waals surface area contributed by atoms with Crippen LogP contribution in [-0.2, 0) is 12.4 Å². The Kier molecular flexibility index (Phi) is 5.86. The number of hydrogen-bond donors (Lipinski definition) is 0. The third-order valence-electron chi connectivity index (χ3n) is 3.67. The van der Waals surface area contributed by atoms with Crippen molar-refractivity contribution in [3.63, 3.8) is 0 Å². The van der Waals surface area contributed by atoms with E-state index < -0.39 is 0 Å². The van der Waals surface area contributed by atoms with Crippen LogP contribution in [-0.4, -0.2) is 6.29 Å². The minimum Gasteiger partial charge on any atom is -0.488 e. The van der Waals surface area contributed by atoms with Crippen molar-refractivity contribution < 1.29 is 13.9 Å². The number of rotatable bonds is 7. The van der Waals surface area contributed by atoms with Crippen molar-refractivity contribution in [2.75, 3.05) is 0 Å². The third kappa shape index (κ3) is 4.70. The summed E-state index contributed by atoms with van der Waals surface area (Å²) < 4.78 is 20.0. The van der Waals surface area contributed by atoms with Gasteiger partial charge in [-0.25, -0.2) is 4.39 Å². The summed E-state index contributed by atoms with van der Waals surface area (Å²) in [5.41, 5.74) is 2.42. The maximum absolute atomic E-state index is 14.4. The molecule has 0 fully saturated rings. The van der Waals surface area contributed by atoms with E-state index in [0.717, 1.165) is 11.1 Å². The monoisotopic (exact) mass is 352 g/mol. The van der Waals surface area contributed by atoms with Gasteiger partial charge in [0.15, 0.2) is 6.29 Å². The second kappa shape index (κ2) is 8.49. The van der Waals surface area contributed by atoms with Gasteiger partial charge < -0.3 is 4.74 Å². The molecular weight excluding hydrogens is 335 g/mol. The minimum absolute atomic E-state index is 0.264. The van der Waals surface area contributed by atoms with E-state index in [1.165, 1.54) is 17.8 Å². The highest BCUT2D eigenvalue weighted by Crippen LogP contribution is 2.31. The lowest BCUT2D eigenvalue weighted by Crippen LogP contribution is -2.00. The van der Waals surface area contributed by atoms with Crippen LogP contribution in [0.4, 0.5) is 4.39 Å². The summed E-state index contributed by atoms with van der Waals surface area (Å²) in [5.74, 6) is 0.523. The van der Waals surface area contributed by atoms with Crippen LogP contribution in [0.25, 0.3) is 0 Å². The lowest BCUT2D eigenvalue weighted by Gasteiger charge is -2.11. The van der Waals surface area contributed by atoms with Crippen LogP contribution in [0.5, 0.6) is 5.75 Å². The Morgan fingerprint density at radius 2 is 1.56 bits per heavy atom. The number of halogens is 1. The fraction of sp³-hybridized carbons (Fsp3) is 0.0952. The first-order chi connectivity index (χ1) is 12.3. The quantitative estimate of drug-likeness (QED) is 0.414. The summed E-state index contributed by atoms with van der Waals surface area (Å²) in [5, 5.41) is 0. The fourth-order valence-electron chi connectivity index (χ4n) is 2.35. The Balaban J connectivity index is 1.72. The molecule has 0 N–H and O–H groups in total. The third-order valence-corrected chi connectivity index (χ3v) is 4.77. The molecule has 3 rings (SSSR count). The summed E-state index contributed by atoms with van der Waals surface area (Å²) in [4.78, 5) is 11.8. The van der Waals surface area contributed by atoms with Crippen LogP contribution >= 0.6 is 11.8 Å². The average molecular weight is 352 g/mol. The van der Waals surface area contributed by atoms with Crippen molar-refractivity contribution in [2.45, 2.75) is 17.3 Å². The molecule has 0 bridgehead atoms. The van der Waals surface area contributed by atoms with Gasteiger partial charge in [0.25, 0.3) is 0 Å². The van der Waals surface area contributed by atoms with Crippen molar-refractivity contribution in [1.29, 1.82) is 0 Å². The van der Waals surface area contributed by atoms with Gasteiger partial charge >= 0.3 is 0 Å². The van der Waals surface area contributed by atoms with Gasteiger partial charge in [-0.15, -0.1) is 11.8 Å². The van der Waals surface area contributed by atoms with Crippen LogP contribution in [0.1, 0.15) is 21.5 Å². The van der Waals surface area contributed by atoms with Crippen molar-refractivity contribution in [3.8, 4) is 5.75 Å². The molecule has 0 atom stereocenters. The molecule has 3 aromatic rings. The molecule has 0 unspecified atom stereocenters. The second-order valence-electron chi connectivity index (χ2n) is 5.49. The molecule has 3 aromatic carbocycles. The minimum atomic E-state index is -0.380. The van der Waals surface area contributed by atoms with Crippen LogP contribution < -0.4 is 4.74 Å². The normalized spacial score (nSPS) is 10.4. The lowest BCUT2D eigenvalue weighted by atomic mass is 10.2. The molecule has 126 valence electrons. The van der Waals surface area contributed by atoms with E-state index in [-0.39, 0.29) is 18.2 Å². The number of aldehydes is 1. The molecule has 25 heavy (non-hydrogen) atoms. The van der Waals surface area contributed by atoms with Crippen molar-refractivity contribution >= 4 is 18.0 Å². The Morgan fingerprint density at radius 1 is 0.920 bits per heavy atom. The second-order valence-corrected chi connectivity index (χ2v) is 6.50. The van der Waals surface area contributed by atoms with Gasteiger partial charge in [-0.05, 0) is 17.2 Å². The van der Waals surface area contributed by atoms with Gasteiger partial charge in [0.05, 0.1) is 5.56 Å². The number of ether oxygens (including phenoxy) is 1. The summed E-state index contributed by atoms with van der Waals surface area (Å²) in [6.07, 6.45) is 0.701. The molecule has 0 saturated carbocycles. The molecule has 0 aromatic heterocycles. The van der Waals surface area contributed by atoms with Crippen molar-refractivity contribution in [1.82, 2.24) is 0 Å². The van der Waals surface area contributed by atoms with Gasteiger partial charge in [0.1, 0.15) is 18.2 Å². The highest BCUT2D eigenvalue weighted by atomic mass is 32.2. The number of thioether (sulfide) groups is 1. The first-order valence-corrected chi connectivity index (χ1v) is 8.87. The molecule has 4 heteroatoms. The number of carbonyl (C=O) groups is 1. The van der Waals surface area contributed by atoms with Gasteiger partial charge in [0, 0.05) is 16.7 Å². The largest absolute Gasteiger partial charge is 0.488 e. The molecule has 0 aliphatic rings. The van der Waals surface area contributed by atoms with Crippen LogP contribution in [0.2, 0.25) is 0 Å². The SMILES string of the molecule is O=Cc1cc(SCc2ccccc2)c(F)cc1OCc1ccccc1. The van der Waals surface area contributed by atoms with E-state index >= 15 is 0 Å². The lowest BCUT2D eigenvalue weighted by molar-refractivity contribution is 0.111. The summed E-state index contributed by atoms with van der Waals surface area (Å²) >= 11 is 1.36. The van der Waals surface area contributed by atoms with Crippen LogP contribution in [0.15, 0.2) is 77.7 Å². The zero-order valence-corrected chi connectivity index (χ0v) is 14.3. The van der Waals surface area contributed by atoms with Gasteiger partial charge in [-0.2, -0.15) is 0 Å². The van der Waals surface area contributed by atoms with Gasteiger partial charge in [-0.1, -0.05) is 60.7 Å².